The van der Waals surface area contributed by atoms with Gasteiger partial charge in [0, 0.05) is 17.3 Å². The summed E-state index contributed by atoms with van der Waals surface area (Å²) in [6.45, 7) is 3.85. The largest absolute Gasteiger partial charge is 0.508 e. The summed E-state index contributed by atoms with van der Waals surface area (Å²) in [6.07, 6.45) is 0.702. The lowest BCUT2D eigenvalue weighted by molar-refractivity contribution is 0.400. The number of nitrogens with zero attached hydrogens (tertiary/aromatic N) is 1. The van der Waals surface area contributed by atoms with E-state index in [0.717, 1.165) is 28.0 Å². The summed E-state index contributed by atoms with van der Waals surface area (Å²) < 4.78 is 10.6. The van der Waals surface area contributed by atoms with Crippen LogP contribution < -0.4 is 10.5 Å². The fraction of sp³-hybridized carbons (Fsp3) is 0.211. The molecular weight excluding hydrogens is 304 g/mol. The molecule has 0 saturated carbocycles. The number of aryl methyl sites for hydroxylation is 2. The molecule has 5 heteroatoms. The summed E-state index contributed by atoms with van der Waals surface area (Å²) in [5.41, 5.74) is 10.7. The van der Waals surface area contributed by atoms with Crippen LogP contribution in [0.2, 0.25) is 0 Å². The van der Waals surface area contributed by atoms with Crippen LogP contribution >= 0.6 is 0 Å². The predicted octanol–water partition coefficient (Wildman–Crippen LogP) is 4.18. The average Bonchev–Trinajstić information content (AvgIpc) is 2.96. The van der Waals surface area contributed by atoms with Crippen LogP contribution in [0.5, 0.6) is 11.5 Å². The smallest absolute Gasteiger partial charge is 0.142 e. The minimum Gasteiger partial charge on any atom is -0.508 e. The molecule has 0 unspecified atom stereocenters. The lowest BCUT2D eigenvalue weighted by Crippen LogP contribution is -1.95. The van der Waals surface area contributed by atoms with Gasteiger partial charge in [-0.2, -0.15) is 0 Å². The number of ether oxygens (including phenoxy) is 1. The van der Waals surface area contributed by atoms with E-state index in [1.54, 1.807) is 13.2 Å². The van der Waals surface area contributed by atoms with E-state index in [2.05, 4.69) is 5.16 Å². The van der Waals surface area contributed by atoms with Crippen LogP contribution in [0.1, 0.15) is 18.2 Å². The van der Waals surface area contributed by atoms with Crippen molar-refractivity contribution >= 4 is 5.69 Å². The Balaban J connectivity index is 2.17. The van der Waals surface area contributed by atoms with E-state index < -0.39 is 0 Å². The third-order valence-corrected chi connectivity index (χ3v) is 4.13. The molecule has 0 amide bonds. The van der Waals surface area contributed by atoms with E-state index in [0.29, 0.717) is 23.6 Å². The Hall–Kier alpha value is -2.95. The Morgan fingerprint density at radius 3 is 2.54 bits per heavy atom. The molecule has 0 aliphatic rings. The Morgan fingerprint density at radius 2 is 1.92 bits per heavy atom. The first-order chi connectivity index (χ1) is 11.5. The minimum atomic E-state index is 0.199. The summed E-state index contributed by atoms with van der Waals surface area (Å²) in [6, 6.07) is 11.1. The number of aromatic hydroxyl groups is 1. The summed E-state index contributed by atoms with van der Waals surface area (Å²) in [5.74, 6) is 1.69. The van der Waals surface area contributed by atoms with Crippen molar-refractivity contribution in [1.82, 2.24) is 5.16 Å². The van der Waals surface area contributed by atoms with Crippen LogP contribution in [0.4, 0.5) is 5.69 Å². The Labute approximate surface area is 140 Å². The Morgan fingerprint density at radius 1 is 1.21 bits per heavy atom. The lowest BCUT2D eigenvalue weighted by Gasteiger charge is -2.10. The van der Waals surface area contributed by atoms with E-state index in [4.69, 9.17) is 15.0 Å². The van der Waals surface area contributed by atoms with Crippen LogP contribution in [0, 0.1) is 6.92 Å². The quantitative estimate of drug-likeness (QED) is 0.704. The first-order valence-electron chi connectivity index (χ1n) is 7.77. The molecule has 0 radical (unpaired) electrons. The van der Waals surface area contributed by atoms with Gasteiger partial charge in [-0.25, -0.2) is 0 Å². The van der Waals surface area contributed by atoms with Crippen molar-refractivity contribution < 1.29 is 14.4 Å². The zero-order valence-corrected chi connectivity index (χ0v) is 14.0. The average molecular weight is 324 g/mol. The van der Waals surface area contributed by atoms with Crippen molar-refractivity contribution in [1.29, 1.82) is 0 Å². The molecule has 5 nitrogen and oxygen atoms in total. The highest BCUT2D eigenvalue weighted by Gasteiger charge is 2.20. The predicted molar refractivity (Wildman–Crippen MR) is 94.1 cm³/mol. The number of phenolic OH excluding ortho intramolecular Hbond substituents is 1. The van der Waals surface area contributed by atoms with Gasteiger partial charge >= 0.3 is 0 Å². The van der Waals surface area contributed by atoms with Crippen molar-refractivity contribution in [3.63, 3.8) is 0 Å². The first kappa shape index (κ1) is 15.9. The number of phenols is 1. The van der Waals surface area contributed by atoms with Crippen LogP contribution in [-0.4, -0.2) is 17.4 Å². The second kappa shape index (κ2) is 6.28. The maximum Gasteiger partial charge on any atom is 0.142 e. The fourth-order valence-electron chi connectivity index (χ4n) is 2.79. The molecule has 1 heterocycles. The number of rotatable bonds is 4. The van der Waals surface area contributed by atoms with Gasteiger partial charge < -0.3 is 20.1 Å². The summed E-state index contributed by atoms with van der Waals surface area (Å²) in [7, 11) is 1.63. The second-order valence-electron chi connectivity index (χ2n) is 5.61. The summed E-state index contributed by atoms with van der Waals surface area (Å²) in [5, 5.41) is 14.2. The second-order valence-corrected chi connectivity index (χ2v) is 5.61. The number of hydrogen-bond acceptors (Lipinski definition) is 5. The molecule has 0 saturated heterocycles. The fourth-order valence-corrected chi connectivity index (χ4v) is 2.79. The first-order valence-corrected chi connectivity index (χ1v) is 7.77. The summed E-state index contributed by atoms with van der Waals surface area (Å²) >= 11 is 0. The Kier molecular flexibility index (Phi) is 4.16. The molecule has 0 fully saturated rings. The van der Waals surface area contributed by atoms with E-state index in [1.165, 1.54) is 0 Å². The van der Waals surface area contributed by atoms with Gasteiger partial charge in [0.25, 0.3) is 0 Å². The van der Waals surface area contributed by atoms with Gasteiger partial charge in [-0.15, -0.1) is 0 Å². The molecule has 124 valence electrons. The van der Waals surface area contributed by atoms with Crippen LogP contribution in [0.25, 0.3) is 22.4 Å². The van der Waals surface area contributed by atoms with E-state index >= 15 is 0 Å². The molecule has 0 aliphatic heterocycles. The number of benzene rings is 2. The Bertz CT molecular complexity index is 867. The van der Waals surface area contributed by atoms with E-state index in [1.807, 2.05) is 44.2 Å². The molecule has 3 N–H and O–H groups in total. The van der Waals surface area contributed by atoms with Crippen molar-refractivity contribution in [3.8, 4) is 33.9 Å². The third kappa shape index (κ3) is 2.69. The van der Waals surface area contributed by atoms with Gasteiger partial charge in [-0.1, -0.05) is 24.2 Å². The molecule has 0 aliphatic carbocycles. The normalized spacial score (nSPS) is 10.8. The number of nitrogens with two attached hydrogens (primary N) is 1. The van der Waals surface area contributed by atoms with Gasteiger partial charge in [0.05, 0.1) is 12.7 Å². The molecular formula is C19H20N2O3. The number of nitrogen functional groups attached to an aromatic ring is 1. The minimum absolute atomic E-state index is 0.199. The molecule has 1 aromatic heterocycles. The summed E-state index contributed by atoms with van der Waals surface area (Å²) in [4.78, 5) is 0. The number of methoxy groups -OCH3 is 1. The molecule has 0 bridgehead atoms. The number of aromatic nitrogens is 1. The lowest BCUT2D eigenvalue weighted by atomic mass is 9.96. The highest BCUT2D eigenvalue weighted by atomic mass is 16.5. The van der Waals surface area contributed by atoms with Gasteiger partial charge in [-0.3, -0.25) is 0 Å². The molecule has 0 spiro atoms. The maximum atomic E-state index is 9.97. The maximum absolute atomic E-state index is 9.97. The van der Waals surface area contributed by atoms with Crippen molar-refractivity contribution in [2.45, 2.75) is 20.3 Å². The van der Waals surface area contributed by atoms with Crippen molar-refractivity contribution in [2.24, 2.45) is 0 Å². The van der Waals surface area contributed by atoms with Gasteiger partial charge in [0.2, 0.25) is 0 Å². The molecule has 0 atom stereocenters. The highest BCUT2D eigenvalue weighted by molar-refractivity contribution is 5.88. The van der Waals surface area contributed by atoms with Crippen LogP contribution in [0.15, 0.2) is 40.9 Å². The standard InChI is InChI=1S/C19H20N2O3/c1-4-12-9-15(16(20)10-17(12)22)19-18(11(2)24-21-19)13-5-7-14(23-3)8-6-13/h5-10,22H,4,20H2,1-3H3. The molecule has 3 rings (SSSR count). The van der Waals surface area contributed by atoms with Gasteiger partial charge in [0.1, 0.15) is 23.0 Å². The topological polar surface area (TPSA) is 81.5 Å². The third-order valence-electron chi connectivity index (χ3n) is 4.13. The van der Waals surface area contributed by atoms with E-state index in [-0.39, 0.29) is 5.75 Å². The molecule has 24 heavy (non-hydrogen) atoms. The highest BCUT2D eigenvalue weighted by Crippen LogP contribution is 2.39. The van der Waals surface area contributed by atoms with Crippen LogP contribution in [0.3, 0.4) is 0 Å². The molecule has 3 aromatic rings. The zero-order valence-electron chi connectivity index (χ0n) is 14.0. The monoisotopic (exact) mass is 324 g/mol. The van der Waals surface area contributed by atoms with E-state index in [9.17, 15) is 5.11 Å². The number of hydrogen-bond donors (Lipinski definition) is 2. The number of anilines is 1. The van der Waals surface area contributed by atoms with Crippen molar-refractivity contribution in [2.75, 3.05) is 12.8 Å². The van der Waals surface area contributed by atoms with Crippen molar-refractivity contribution in [3.05, 3.63) is 47.7 Å². The SMILES string of the molecule is CCc1cc(-c2noc(C)c2-c2ccc(OC)cc2)c(N)cc1O. The zero-order chi connectivity index (χ0) is 17.3. The van der Waals surface area contributed by atoms with Gasteiger partial charge in [0.15, 0.2) is 0 Å². The molecule has 2 aromatic carbocycles. The van der Waals surface area contributed by atoms with Gasteiger partial charge in [-0.05, 0) is 42.7 Å². The van der Waals surface area contributed by atoms with Crippen LogP contribution in [-0.2, 0) is 6.42 Å².